The fourth-order valence-electron chi connectivity index (χ4n) is 4.11. The smallest absolute Gasteiger partial charge is 0.259 e. The third-order valence-electron chi connectivity index (χ3n) is 5.87. The highest BCUT2D eigenvalue weighted by molar-refractivity contribution is 5.96. The summed E-state index contributed by atoms with van der Waals surface area (Å²) in [5.74, 6) is 1.16. The number of nitrogens with zero attached hydrogens (tertiary/aromatic N) is 5. The average Bonchev–Trinajstić information content (AvgIpc) is 2.89. The van der Waals surface area contributed by atoms with E-state index in [9.17, 15) is 4.79 Å². The number of hydrogen-bond donors (Lipinski definition) is 0. The Morgan fingerprint density at radius 1 is 0.909 bits per heavy atom. The molecule has 4 aromatic rings. The molecule has 1 aliphatic heterocycles. The Bertz CT molecular complexity index is 1270. The molecule has 1 amide bonds. The molecule has 1 aliphatic rings. The number of aromatic nitrogens is 3. The van der Waals surface area contributed by atoms with Crippen LogP contribution in [0.5, 0.6) is 5.88 Å². The van der Waals surface area contributed by atoms with Crippen LogP contribution in [-0.2, 0) is 0 Å². The third-order valence-corrected chi connectivity index (χ3v) is 5.87. The van der Waals surface area contributed by atoms with E-state index in [0.717, 1.165) is 17.1 Å². The molecule has 0 bridgehead atoms. The van der Waals surface area contributed by atoms with Crippen LogP contribution >= 0.6 is 0 Å². The highest BCUT2D eigenvalue weighted by Crippen LogP contribution is 2.24. The molecule has 2 aromatic heterocycles. The minimum Gasteiger partial charge on any atom is -0.477 e. The Hall–Kier alpha value is -4.00. The number of amides is 1. The summed E-state index contributed by atoms with van der Waals surface area (Å²) in [6.07, 6.45) is 1.64. The second kappa shape index (κ2) is 9.24. The van der Waals surface area contributed by atoms with Gasteiger partial charge >= 0.3 is 0 Å². The standard InChI is InChI=1S/C26H25N5O2/c1-2-33-25-22(8-5-13-27-25)26(32)31-16-14-30(15-17-31)24-12-11-23(28-29-24)21-10-9-19-6-3-4-7-20(19)18-21/h3-13,18H,2,14-17H2,1H3. The molecule has 1 fully saturated rings. The molecular weight excluding hydrogens is 414 g/mol. The van der Waals surface area contributed by atoms with Crippen molar-refractivity contribution in [2.24, 2.45) is 0 Å². The second-order valence-corrected chi connectivity index (χ2v) is 7.91. The highest BCUT2D eigenvalue weighted by atomic mass is 16.5. The summed E-state index contributed by atoms with van der Waals surface area (Å²) in [7, 11) is 0. The van der Waals surface area contributed by atoms with Crippen molar-refractivity contribution in [2.45, 2.75) is 6.92 Å². The first-order chi connectivity index (χ1) is 16.2. The quantitative estimate of drug-likeness (QED) is 0.467. The van der Waals surface area contributed by atoms with Crippen molar-refractivity contribution in [1.29, 1.82) is 0 Å². The van der Waals surface area contributed by atoms with Crippen molar-refractivity contribution in [3.05, 3.63) is 78.5 Å². The largest absolute Gasteiger partial charge is 0.477 e. The summed E-state index contributed by atoms with van der Waals surface area (Å²) in [6.45, 7) is 4.95. The van der Waals surface area contributed by atoms with E-state index in [4.69, 9.17) is 4.74 Å². The normalized spacial score (nSPS) is 13.8. The summed E-state index contributed by atoms with van der Waals surface area (Å²) in [6, 6.07) is 22.1. The van der Waals surface area contributed by atoms with E-state index in [-0.39, 0.29) is 5.91 Å². The number of anilines is 1. The number of piperazine rings is 1. The molecule has 0 aliphatic carbocycles. The number of carbonyl (C=O) groups excluding carboxylic acids is 1. The lowest BCUT2D eigenvalue weighted by Gasteiger charge is -2.35. The van der Waals surface area contributed by atoms with Crippen molar-refractivity contribution in [3.63, 3.8) is 0 Å². The number of fused-ring (bicyclic) bond motifs is 1. The predicted molar refractivity (Wildman–Crippen MR) is 128 cm³/mol. The lowest BCUT2D eigenvalue weighted by atomic mass is 10.1. The predicted octanol–water partition coefficient (Wildman–Crippen LogP) is 4.05. The molecule has 5 rings (SSSR count). The maximum atomic E-state index is 13.0. The van der Waals surface area contributed by atoms with Gasteiger partial charge in [-0.15, -0.1) is 10.2 Å². The Labute approximate surface area is 192 Å². The third kappa shape index (κ3) is 4.35. The van der Waals surface area contributed by atoms with Crippen LogP contribution in [0.4, 0.5) is 5.82 Å². The molecular formula is C26H25N5O2. The van der Waals surface area contributed by atoms with Crippen molar-refractivity contribution in [3.8, 4) is 17.1 Å². The van der Waals surface area contributed by atoms with Crippen LogP contribution in [0.25, 0.3) is 22.0 Å². The van der Waals surface area contributed by atoms with Crippen LogP contribution in [0, 0.1) is 0 Å². The number of hydrogen-bond acceptors (Lipinski definition) is 6. The first-order valence-corrected chi connectivity index (χ1v) is 11.2. The topological polar surface area (TPSA) is 71.5 Å². The molecule has 7 nitrogen and oxygen atoms in total. The van der Waals surface area contributed by atoms with E-state index in [1.165, 1.54) is 10.8 Å². The lowest BCUT2D eigenvalue weighted by Crippen LogP contribution is -2.49. The van der Waals surface area contributed by atoms with E-state index in [1.54, 1.807) is 18.3 Å². The van der Waals surface area contributed by atoms with Crippen LogP contribution in [0.1, 0.15) is 17.3 Å². The Balaban J connectivity index is 1.25. The molecule has 7 heteroatoms. The van der Waals surface area contributed by atoms with Gasteiger partial charge in [-0.25, -0.2) is 4.98 Å². The van der Waals surface area contributed by atoms with Gasteiger partial charge in [0.25, 0.3) is 5.91 Å². The van der Waals surface area contributed by atoms with Gasteiger partial charge in [-0.3, -0.25) is 4.79 Å². The molecule has 0 radical (unpaired) electrons. The zero-order valence-electron chi connectivity index (χ0n) is 18.5. The zero-order chi connectivity index (χ0) is 22.6. The van der Waals surface area contributed by atoms with Gasteiger partial charge in [0.05, 0.1) is 12.3 Å². The number of pyridine rings is 1. The zero-order valence-corrected chi connectivity index (χ0v) is 18.5. The monoisotopic (exact) mass is 439 g/mol. The Kier molecular flexibility index (Phi) is 5.85. The molecule has 2 aromatic carbocycles. The van der Waals surface area contributed by atoms with E-state index in [1.807, 2.05) is 36.1 Å². The average molecular weight is 440 g/mol. The first-order valence-electron chi connectivity index (χ1n) is 11.2. The van der Waals surface area contributed by atoms with Crippen LogP contribution in [0.2, 0.25) is 0 Å². The van der Waals surface area contributed by atoms with Gasteiger partial charge in [0.15, 0.2) is 5.82 Å². The van der Waals surface area contributed by atoms with Gasteiger partial charge in [-0.1, -0.05) is 36.4 Å². The summed E-state index contributed by atoms with van der Waals surface area (Å²) in [5.41, 5.74) is 2.40. The van der Waals surface area contributed by atoms with Crippen LogP contribution < -0.4 is 9.64 Å². The van der Waals surface area contributed by atoms with E-state index >= 15 is 0 Å². The number of benzene rings is 2. The van der Waals surface area contributed by atoms with Gasteiger partial charge in [0, 0.05) is 37.9 Å². The minimum absolute atomic E-state index is 0.0519. The molecule has 3 heterocycles. The van der Waals surface area contributed by atoms with Crippen molar-refractivity contribution >= 4 is 22.5 Å². The molecule has 166 valence electrons. The number of ether oxygens (including phenoxy) is 1. The summed E-state index contributed by atoms with van der Waals surface area (Å²) >= 11 is 0. The van der Waals surface area contributed by atoms with E-state index < -0.39 is 0 Å². The molecule has 0 N–H and O–H groups in total. The first kappa shape index (κ1) is 20.9. The molecule has 33 heavy (non-hydrogen) atoms. The molecule has 0 unspecified atom stereocenters. The SMILES string of the molecule is CCOc1ncccc1C(=O)N1CCN(c2ccc(-c3ccc4ccccc4c3)nn2)CC1. The molecule has 1 saturated heterocycles. The van der Waals surface area contributed by atoms with Crippen LogP contribution in [-0.4, -0.2) is 58.8 Å². The Morgan fingerprint density at radius 2 is 1.73 bits per heavy atom. The van der Waals surface area contributed by atoms with Crippen molar-refractivity contribution < 1.29 is 9.53 Å². The number of rotatable bonds is 5. The van der Waals surface area contributed by atoms with Gasteiger partial charge < -0.3 is 14.5 Å². The van der Waals surface area contributed by atoms with E-state index in [0.29, 0.717) is 44.2 Å². The van der Waals surface area contributed by atoms with Crippen LogP contribution in [0.3, 0.4) is 0 Å². The maximum absolute atomic E-state index is 13.0. The van der Waals surface area contributed by atoms with Gasteiger partial charge in [-0.05, 0) is 48.0 Å². The second-order valence-electron chi connectivity index (χ2n) is 7.91. The maximum Gasteiger partial charge on any atom is 0.259 e. The van der Waals surface area contributed by atoms with Gasteiger partial charge in [-0.2, -0.15) is 0 Å². The number of carbonyl (C=O) groups is 1. The molecule has 0 spiro atoms. The summed E-state index contributed by atoms with van der Waals surface area (Å²) in [5, 5.41) is 11.3. The van der Waals surface area contributed by atoms with Crippen LogP contribution in [0.15, 0.2) is 72.9 Å². The molecule has 0 saturated carbocycles. The van der Waals surface area contributed by atoms with Crippen molar-refractivity contribution in [1.82, 2.24) is 20.1 Å². The molecule has 0 atom stereocenters. The van der Waals surface area contributed by atoms with E-state index in [2.05, 4.69) is 50.4 Å². The summed E-state index contributed by atoms with van der Waals surface area (Å²) < 4.78 is 5.52. The van der Waals surface area contributed by atoms with Gasteiger partial charge in [0.2, 0.25) is 5.88 Å². The fourth-order valence-corrected chi connectivity index (χ4v) is 4.11. The van der Waals surface area contributed by atoms with Gasteiger partial charge in [0.1, 0.15) is 5.56 Å². The van der Waals surface area contributed by atoms with Crippen molar-refractivity contribution in [2.75, 3.05) is 37.7 Å². The lowest BCUT2D eigenvalue weighted by molar-refractivity contribution is 0.0741. The Morgan fingerprint density at radius 3 is 2.48 bits per heavy atom. The minimum atomic E-state index is -0.0519. The fraction of sp³-hybridized carbons (Fsp3) is 0.231. The summed E-state index contributed by atoms with van der Waals surface area (Å²) in [4.78, 5) is 21.2. The highest BCUT2D eigenvalue weighted by Gasteiger charge is 2.25.